The van der Waals surface area contributed by atoms with Gasteiger partial charge in [-0.1, -0.05) is 12.1 Å². The van der Waals surface area contributed by atoms with Gasteiger partial charge in [-0.05, 0) is 42.2 Å². The maximum Gasteiger partial charge on any atom is 0.345 e. The molecule has 2 aromatic rings. The van der Waals surface area contributed by atoms with Gasteiger partial charge in [0.1, 0.15) is 4.88 Å². The summed E-state index contributed by atoms with van der Waals surface area (Å²) in [7, 11) is 1.82. The molecule has 0 radical (unpaired) electrons. The third kappa shape index (κ3) is 3.34. The smallest absolute Gasteiger partial charge is 0.345 e. The zero-order valence-electron chi connectivity index (χ0n) is 13.8. The highest BCUT2D eigenvalue weighted by Crippen LogP contribution is 2.27. The second kappa shape index (κ2) is 6.75. The Morgan fingerprint density at radius 3 is 2.79 bits per heavy atom. The number of thiophene rings is 1. The number of carbonyl (C=O) groups excluding carboxylic acids is 1. The van der Waals surface area contributed by atoms with Crippen LogP contribution in [0.25, 0.3) is 0 Å². The predicted molar refractivity (Wildman–Crippen MR) is 94.7 cm³/mol. The van der Waals surface area contributed by atoms with Gasteiger partial charge in [-0.2, -0.15) is 0 Å². The van der Waals surface area contributed by atoms with Crippen molar-refractivity contribution < 1.29 is 14.7 Å². The summed E-state index contributed by atoms with van der Waals surface area (Å²) in [5.74, 6) is -0.710. The molecule has 0 saturated heterocycles. The van der Waals surface area contributed by atoms with Crippen molar-refractivity contribution in [1.29, 1.82) is 0 Å². The highest BCUT2D eigenvalue weighted by atomic mass is 32.1. The van der Waals surface area contributed by atoms with Gasteiger partial charge in [-0.25, -0.2) is 4.79 Å². The van der Waals surface area contributed by atoms with Crippen molar-refractivity contribution in [1.82, 2.24) is 5.32 Å². The molecule has 1 aliphatic heterocycles. The van der Waals surface area contributed by atoms with Gasteiger partial charge in [0.25, 0.3) is 0 Å². The lowest BCUT2D eigenvalue weighted by atomic mass is 9.99. The number of carbonyl (C=O) groups is 2. The summed E-state index contributed by atoms with van der Waals surface area (Å²) in [5.41, 5.74) is 4.40. The molecule has 0 aliphatic carbocycles. The Hall–Kier alpha value is -2.18. The number of aromatic carboxylic acids is 1. The van der Waals surface area contributed by atoms with E-state index in [2.05, 4.69) is 11.4 Å². The molecule has 1 aliphatic rings. The van der Waals surface area contributed by atoms with Crippen LogP contribution in [0.3, 0.4) is 0 Å². The van der Waals surface area contributed by atoms with Crippen molar-refractivity contribution in [2.75, 3.05) is 11.9 Å². The maximum atomic E-state index is 11.7. The van der Waals surface area contributed by atoms with Gasteiger partial charge in [0.05, 0.1) is 0 Å². The number of nitrogens with one attached hydrogen (secondary N) is 1. The first-order chi connectivity index (χ1) is 11.5. The van der Waals surface area contributed by atoms with Crippen LogP contribution in [0.15, 0.2) is 24.3 Å². The standard InChI is InChI=1S/C18H20N2O3S/c1-11-14(8-16(24-11)18(22)23)10-19-9-12-3-5-15-13(7-12)4-6-17(21)20(15)2/h3,5,7-8,19H,4,6,9-10H2,1-2H3,(H,22,23). The topological polar surface area (TPSA) is 69.6 Å². The number of benzene rings is 1. The van der Waals surface area contributed by atoms with Gasteiger partial charge in [0.15, 0.2) is 0 Å². The van der Waals surface area contributed by atoms with E-state index in [0.29, 0.717) is 24.4 Å². The molecule has 0 fully saturated rings. The number of aryl methyl sites for hydroxylation is 2. The molecule has 0 atom stereocenters. The first-order valence-corrected chi connectivity index (χ1v) is 8.69. The largest absolute Gasteiger partial charge is 0.477 e. The van der Waals surface area contributed by atoms with Crippen molar-refractivity contribution in [3.8, 4) is 0 Å². The second-order valence-electron chi connectivity index (χ2n) is 6.02. The molecular weight excluding hydrogens is 324 g/mol. The Morgan fingerprint density at radius 1 is 1.29 bits per heavy atom. The van der Waals surface area contributed by atoms with Crippen LogP contribution in [0.2, 0.25) is 0 Å². The van der Waals surface area contributed by atoms with E-state index in [1.54, 1.807) is 11.0 Å². The predicted octanol–water partition coefficient (Wildman–Crippen LogP) is 2.95. The Morgan fingerprint density at radius 2 is 2.08 bits per heavy atom. The van der Waals surface area contributed by atoms with Gasteiger partial charge in [-0.15, -0.1) is 11.3 Å². The molecular formula is C18H20N2O3S. The summed E-state index contributed by atoms with van der Waals surface area (Å²) in [6.07, 6.45) is 1.35. The van der Waals surface area contributed by atoms with Crippen molar-refractivity contribution in [2.45, 2.75) is 32.9 Å². The minimum absolute atomic E-state index is 0.163. The van der Waals surface area contributed by atoms with Crippen LogP contribution in [-0.2, 0) is 24.3 Å². The fraction of sp³-hybridized carbons (Fsp3) is 0.333. The Bertz CT molecular complexity index is 798. The van der Waals surface area contributed by atoms with Gasteiger partial charge in [0.2, 0.25) is 5.91 Å². The van der Waals surface area contributed by atoms with Crippen LogP contribution >= 0.6 is 11.3 Å². The van der Waals surface area contributed by atoms with Crippen LogP contribution in [0, 0.1) is 6.92 Å². The number of amides is 1. The number of carboxylic acids is 1. The van der Waals surface area contributed by atoms with Crippen LogP contribution in [0.5, 0.6) is 0 Å². The third-order valence-corrected chi connectivity index (χ3v) is 5.44. The van der Waals surface area contributed by atoms with Crippen molar-refractivity contribution in [2.24, 2.45) is 0 Å². The minimum atomic E-state index is -0.872. The fourth-order valence-electron chi connectivity index (χ4n) is 2.96. The molecule has 6 heteroatoms. The zero-order chi connectivity index (χ0) is 17.3. The van der Waals surface area contributed by atoms with Crippen molar-refractivity contribution in [3.05, 3.63) is 50.7 Å². The average Bonchev–Trinajstić information content (AvgIpc) is 2.93. The maximum absolute atomic E-state index is 11.7. The van der Waals surface area contributed by atoms with Crippen molar-refractivity contribution in [3.63, 3.8) is 0 Å². The Labute approximate surface area is 144 Å². The quantitative estimate of drug-likeness (QED) is 0.875. The van der Waals surface area contributed by atoms with Gasteiger partial charge in [0, 0.05) is 37.1 Å². The van der Waals surface area contributed by atoms with E-state index in [0.717, 1.165) is 22.5 Å². The summed E-state index contributed by atoms with van der Waals surface area (Å²) in [6, 6.07) is 7.92. The number of carboxylic acid groups (broad SMARTS) is 1. The molecule has 0 saturated carbocycles. The van der Waals surface area contributed by atoms with E-state index in [9.17, 15) is 9.59 Å². The van der Waals surface area contributed by atoms with Crippen LogP contribution < -0.4 is 10.2 Å². The highest BCUT2D eigenvalue weighted by Gasteiger charge is 2.20. The molecule has 2 N–H and O–H groups in total. The third-order valence-electron chi connectivity index (χ3n) is 4.36. The lowest BCUT2D eigenvalue weighted by Gasteiger charge is -2.26. The summed E-state index contributed by atoms with van der Waals surface area (Å²) >= 11 is 1.31. The zero-order valence-corrected chi connectivity index (χ0v) is 14.6. The lowest BCUT2D eigenvalue weighted by molar-refractivity contribution is -0.118. The summed E-state index contributed by atoms with van der Waals surface area (Å²) in [4.78, 5) is 25.9. The van der Waals surface area contributed by atoms with Crippen LogP contribution in [0.1, 0.15) is 37.7 Å². The summed E-state index contributed by atoms with van der Waals surface area (Å²) < 4.78 is 0. The monoisotopic (exact) mass is 344 g/mol. The van der Waals surface area contributed by atoms with Gasteiger partial charge in [-0.3, -0.25) is 4.79 Å². The number of hydrogen-bond acceptors (Lipinski definition) is 4. The molecule has 126 valence electrons. The SMILES string of the molecule is Cc1sc(C(=O)O)cc1CNCc1ccc2c(c1)CCC(=O)N2C. The Balaban J connectivity index is 1.63. The van der Waals surface area contributed by atoms with E-state index in [1.807, 2.05) is 26.1 Å². The lowest BCUT2D eigenvalue weighted by Crippen LogP contribution is -2.31. The van der Waals surface area contributed by atoms with Gasteiger partial charge >= 0.3 is 5.97 Å². The van der Waals surface area contributed by atoms with Crippen molar-refractivity contribution >= 4 is 28.9 Å². The molecule has 1 aromatic heterocycles. The summed E-state index contributed by atoms with van der Waals surface area (Å²) in [5, 5.41) is 12.4. The number of fused-ring (bicyclic) bond motifs is 1. The highest BCUT2D eigenvalue weighted by molar-refractivity contribution is 7.14. The average molecular weight is 344 g/mol. The molecule has 2 heterocycles. The van der Waals surface area contributed by atoms with E-state index in [1.165, 1.54) is 22.5 Å². The second-order valence-corrected chi connectivity index (χ2v) is 7.27. The number of nitrogens with zero attached hydrogens (tertiary/aromatic N) is 1. The van der Waals surface area contributed by atoms with E-state index < -0.39 is 5.97 Å². The molecule has 0 unspecified atom stereocenters. The molecule has 24 heavy (non-hydrogen) atoms. The van der Waals surface area contributed by atoms with E-state index in [4.69, 9.17) is 5.11 Å². The van der Waals surface area contributed by atoms with E-state index in [-0.39, 0.29) is 5.91 Å². The molecule has 1 aromatic carbocycles. The molecule has 0 spiro atoms. The normalized spacial score (nSPS) is 13.9. The van der Waals surface area contributed by atoms with E-state index >= 15 is 0 Å². The first-order valence-electron chi connectivity index (χ1n) is 7.87. The summed E-state index contributed by atoms with van der Waals surface area (Å²) in [6.45, 7) is 3.30. The first kappa shape index (κ1) is 16.7. The molecule has 1 amide bonds. The minimum Gasteiger partial charge on any atom is -0.477 e. The van der Waals surface area contributed by atoms with Gasteiger partial charge < -0.3 is 15.3 Å². The molecule has 3 rings (SSSR count). The molecule has 0 bridgehead atoms. The number of rotatable bonds is 5. The van der Waals surface area contributed by atoms with Crippen LogP contribution in [-0.4, -0.2) is 24.0 Å². The Kier molecular flexibility index (Phi) is 4.69. The number of hydrogen-bond donors (Lipinski definition) is 2. The number of anilines is 1. The fourth-order valence-corrected chi connectivity index (χ4v) is 3.84. The molecule has 5 nitrogen and oxygen atoms in total. The van der Waals surface area contributed by atoms with Crippen LogP contribution in [0.4, 0.5) is 5.69 Å².